The average molecular weight is 274 g/mol. The number of hydrazine groups is 1. The zero-order chi connectivity index (χ0) is 13.5. The Morgan fingerprint density at radius 2 is 2.21 bits per heavy atom. The lowest BCUT2D eigenvalue weighted by atomic mass is 10.2. The highest BCUT2D eigenvalue weighted by Crippen LogP contribution is 2.04. The van der Waals surface area contributed by atoms with Crippen molar-refractivity contribution in [3.63, 3.8) is 0 Å². The van der Waals surface area contributed by atoms with E-state index in [4.69, 9.17) is 18.1 Å². The van der Waals surface area contributed by atoms with Crippen LogP contribution < -0.4 is 16.7 Å². The number of thiocarbonyl (C=S) groups is 1. The standard InChI is InChI=1S/C12H14N6S/c13-16-12(19)17-15-8-11-14-6-7-18(11)9-10-4-2-1-3-5-10/h1-8H,9,13H2,(H2,16,17,19)/b15-8-. The van der Waals surface area contributed by atoms with Gasteiger partial charge in [0.15, 0.2) is 5.82 Å². The van der Waals surface area contributed by atoms with Gasteiger partial charge in [-0.05, 0) is 17.8 Å². The summed E-state index contributed by atoms with van der Waals surface area (Å²) in [5.41, 5.74) is 6.05. The van der Waals surface area contributed by atoms with Gasteiger partial charge in [0, 0.05) is 18.9 Å². The number of imidazole rings is 1. The number of nitrogens with two attached hydrogens (primary N) is 1. The Kier molecular flexibility index (Phi) is 4.60. The largest absolute Gasteiger partial charge is 0.326 e. The van der Waals surface area contributed by atoms with Crippen molar-refractivity contribution in [3.8, 4) is 0 Å². The fourth-order valence-corrected chi connectivity index (χ4v) is 1.60. The molecular formula is C12H14N6S. The summed E-state index contributed by atoms with van der Waals surface area (Å²) < 4.78 is 1.99. The van der Waals surface area contributed by atoms with Crippen molar-refractivity contribution >= 4 is 23.5 Å². The quantitative estimate of drug-likeness (QED) is 0.329. The maximum Gasteiger partial charge on any atom is 0.201 e. The molecule has 6 nitrogen and oxygen atoms in total. The van der Waals surface area contributed by atoms with Crippen LogP contribution in [0.1, 0.15) is 11.4 Å². The van der Waals surface area contributed by atoms with E-state index in [2.05, 4.69) is 33.1 Å². The molecule has 2 rings (SSSR count). The lowest BCUT2D eigenvalue weighted by Gasteiger charge is -2.05. The summed E-state index contributed by atoms with van der Waals surface area (Å²) >= 11 is 4.80. The maximum atomic E-state index is 5.12. The number of rotatable bonds is 4. The van der Waals surface area contributed by atoms with Crippen molar-refractivity contribution in [2.75, 3.05) is 0 Å². The Morgan fingerprint density at radius 3 is 2.95 bits per heavy atom. The van der Waals surface area contributed by atoms with Gasteiger partial charge >= 0.3 is 0 Å². The van der Waals surface area contributed by atoms with Gasteiger partial charge in [-0.3, -0.25) is 10.9 Å². The molecule has 1 aromatic heterocycles. The molecule has 0 aliphatic heterocycles. The normalized spacial score (nSPS) is 10.6. The third-order valence-corrected chi connectivity index (χ3v) is 2.63. The lowest BCUT2D eigenvalue weighted by molar-refractivity contribution is 0.788. The van der Waals surface area contributed by atoms with Gasteiger partial charge in [-0.25, -0.2) is 10.8 Å². The van der Waals surface area contributed by atoms with Crippen molar-refractivity contribution in [2.45, 2.75) is 6.54 Å². The van der Waals surface area contributed by atoms with Crippen molar-refractivity contribution in [1.29, 1.82) is 0 Å². The topological polar surface area (TPSA) is 80.3 Å². The molecule has 0 aliphatic carbocycles. The molecule has 0 atom stereocenters. The van der Waals surface area contributed by atoms with E-state index in [1.54, 1.807) is 12.4 Å². The minimum absolute atomic E-state index is 0.248. The smallest absolute Gasteiger partial charge is 0.201 e. The molecule has 7 heteroatoms. The van der Waals surface area contributed by atoms with Crippen LogP contribution in [0.5, 0.6) is 0 Å². The highest BCUT2D eigenvalue weighted by Gasteiger charge is 2.00. The number of hydrogen-bond donors (Lipinski definition) is 3. The van der Waals surface area contributed by atoms with Crippen LogP contribution in [0.3, 0.4) is 0 Å². The molecule has 1 heterocycles. The first-order valence-electron chi connectivity index (χ1n) is 5.64. The Hall–Kier alpha value is -2.25. The minimum atomic E-state index is 0.248. The molecule has 0 amide bonds. The van der Waals surface area contributed by atoms with Crippen LogP contribution in [0.15, 0.2) is 47.8 Å². The van der Waals surface area contributed by atoms with E-state index < -0.39 is 0 Å². The predicted octanol–water partition coefficient (Wildman–Crippen LogP) is 0.603. The van der Waals surface area contributed by atoms with E-state index in [1.807, 2.05) is 29.0 Å². The van der Waals surface area contributed by atoms with Crippen molar-refractivity contribution in [2.24, 2.45) is 10.9 Å². The summed E-state index contributed by atoms with van der Waals surface area (Å²) in [4.78, 5) is 4.21. The van der Waals surface area contributed by atoms with Crippen LogP contribution in [-0.2, 0) is 6.54 Å². The SMILES string of the molecule is NNC(=S)N/N=C\c1nccn1Cc1ccccc1. The first kappa shape index (κ1) is 13.2. The summed E-state index contributed by atoms with van der Waals surface area (Å²) in [5.74, 6) is 5.85. The fourth-order valence-electron chi connectivity index (χ4n) is 1.54. The van der Waals surface area contributed by atoms with Gasteiger partial charge in [-0.1, -0.05) is 30.3 Å². The number of nitrogens with one attached hydrogen (secondary N) is 2. The molecule has 1 aromatic carbocycles. The van der Waals surface area contributed by atoms with Gasteiger partial charge in [0.25, 0.3) is 0 Å². The third-order valence-electron chi connectivity index (χ3n) is 2.42. The molecule has 0 saturated carbocycles. The second kappa shape index (κ2) is 6.62. The van der Waals surface area contributed by atoms with Crippen molar-refractivity contribution < 1.29 is 0 Å². The van der Waals surface area contributed by atoms with E-state index >= 15 is 0 Å². The number of benzene rings is 1. The van der Waals surface area contributed by atoms with Gasteiger partial charge in [0.1, 0.15) is 0 Å². The minimum Gasteiger partial charge on any atom is -0.326 e. The second-order valence-corrected chi connectivity index (χ2v) is 4.15. The molecule has 0 saturated heterocycles. The van der Waals surface area contributed by atoms with E-state index in [9.17, 15) is 0 Å². The summed E-state index contributed by atoms with van der Waals surface area (Å²) in [5, 5.41) is 4.19. The molecule has 0 bridgehead atoms. The molecule has 0 radical (unpaired) electrons. The molecule has 0 spiro atoms. The molecule has 0 unspecified atom stereocenters. The van der Waals surface area contributed by atoms with E-state index in [1.165, 1.54) is 5.56 Å². The van der Waals surface area contributed by atoms with Crippen LogP contribution >= 0.6 is 12.2 Å². The summed E-state index contributed by atoms with van der Waals surface area (Å²) in [6, 6.07) is 10.1. The lowest BCUT2D eigenvalue weighted by Crippen LogP contribution is -2.37. The van der Waals surface area contributed by atoms with Crippen LogP contribution in [0.4, 0.5) is 0 Å². The van der Waals surface area contributed by atoms with Gasteiger partial charge in [0.2, 0.25) is 5.11 Å². The molecular weight excluding hydrogens is 260 g/mol. The average Bonchev–Trinajstić information content (AvgIpc) is 2.87. The van der Waals surface area contributed by atoms with Crippen molar-refractivity contribution in [1.82, 2.24) is 20.4 Å². The highest BCUT2D eigenvalue weighted by atomic mass is 32.1. The third kappa shape index (κ3) is 3.87. The Balaban J connectivity index is 2.04. The second-order valence-electron chi connectivity index (χ2n) is 3.74. The Labute approximate surface area is 116 Å². The van der Waals surface area contributed by atoms with E-state index in [0.29, 0.717) is 0 Å². The molecule has 0 aliphatic rings. The van der Waals surface area contributed by atoms with Gasteiger partial charge in [0.05, 0.1) is 6.21 Å². The first-order valence-corrected chi connectivity index (χ1v) is 6.05. The molecule has 98 valence electrons. The van der Waals surface area contributed by atoms with Crippen molar-refractivity contribution in [3.05, 3.63) is 54.1 Å². The number of hydrazone groups is 1. The number of aromatic nitrogens is 2. The van der Waals surface area contributed by atoms with Gasteiger partial charge in [-0.2, -0.15) is 5.10 Å². The molecule has 0 fully saturated rings. The molecule has 2 aromatic rings. The van der Waals surface area contributed by atoms with Crippen LogP contribution in [0.2, 0.25) is 0 Å². The number of hydrogen-bond acceptors (Lipinski definition) is 4. The number of nitrogens with zero attached hydrogens (tertiary/aromatic N) is 3. The van der Waals surface area contributed by atoms with Crippen LogP contribution in [0, 0.1) is 0 Å². The highest BCUT2D eigenvalue weighted by molar-refractivity contribution is 7.80. The first-order chi connectivity index (χ1) is 9.29. The molecule has 4 N–H and O–H groups in total. The zero-order valence-corrected chi connectivity index (χ0v) is 11.0. The zero-order valence-electron chi connectivity index (χ0n) is 10.2. The maximum absolute atomic E-state index is 5.12. The monoisotopic (exact) mass is 274 g/mol. The van der Waals surface area contributed by atoms with Crippen LogP contribution in [0.25, 0.3) is 0 Å². The molecule has 19 heavy (non-hydrogen) atoms. The van der Waals surface area contributed by atoms with E-state index in [0.717, 1.165) is 12.4 Å². The van der Waals surface area contributed by atoms with Gasteiger partial charge < -0.3 is 4.57 Å². The fraction of sp³-hybridized carbons (Fsp3) is 0.0833. The summed E-state index contributed by atoms with van der Waals surface area (Å²) in [6.45, 7) is 0.738. The Bertz CT molecular complexity index is 563. The van der Waals surface area contributed by atoms with E-state index in [-0.39, 0.29) is 5.11 Å². The van der Waals surface area contributed by atoms with Crippen LogP contribution in [-0.4, -0.2) is 20.9 Å². The van der Waals surface area contributed by atoms with Gasteiger partial charge in [-0.15, -0.1) is 0 Å². The Morgan fingerprint density at radius 1 is 1.42 bits per heavy atom. The predicted molar refractivity (Wildman–Crippen MR) is 78.4 cm³/mol. The summed E-state index contributed by atoms with van der Waals surface area (Å²) in [7, 11) is 0. The summed E-state index contributed by atoms with van der Waals surface area (Å²) in [6.07, 6.45) is 5.21.